The van der Waals surface area contributed by atoms with E-state index in [0.29, 0.717) is 6.54 Å². The van der Waals surface area contributed by atoms with Crippen molar-refractivity contribution < 1.29 is 18.3 Å². The number of nitrogens with one attached hydrogen (secondary N) is 1. The van der Waals surface area contributed by atoms with E-state index < -0.39 is 6.61 Å². The molecule has 0 aliphatic carbocycles. The van der Waals surface area contributed by atoms with Gasteiger partial charge in [-0.25, -0.2) is 0 Å². The van der Waals surface area contributed by atoms with Crippen LogP contribution >= 0.6 is 0 Å². The number of carbonyl (C=O) groups excluding carboxylic acids is 1. The summed E-state index contributed by atoms with van der Waals surface area (Å²) in [5.74, 6) is -0.357. The van der Waals surface area contributed by atoms with Gasteiger partial charge in [0.15, 0.2) is 0 Å². The smallest absolute Gasteiger partial charge is 0.387 e. The van der Waals surface area contributed by atoms with E-state index in [1.807, 2.05) is 13.0 Å². The molecule has 2 aromatic rings. The Morgan fingerprint density at radius 1 is 1.38 bits per heavy atom. The van der Waals surface area contributed by atoms with Crippen molar-refractivity contribution in [1.82, 2.24) is 9.78 Å². The summed E-state index contributed by atoms with van der Waals surface area (Å²) >= 11 is 0. The first-order valence-corrected chi connectivity index (χ1v) is 6.38. The first kappa shape index (κ1) is 15.0. The summed E-state index contributed by atoms with van der Waals surface area (Å²) in [5, 5.41) is 6.71. The average Bonchev–Trinajstić information content (AvgIpc) is 2.84. The number of ether oxygens (including phenoxy) is 1. The third kappa shape index (κ3) is 4.55. The first-order chi connectivity index (χ1) is 10.0. The molecule has 1 amide bonds. The second-order valence-electron chi connectivity index (χ2n) is 4.39. The van der Waals surface area contributed by atoms with Crippen LogP contribution in [0.3, 0.4) is 0 Å². The molecular formula is C14H15F2N3O2. The molecule has 0 spiro atoms. The summed E-state index contributed by atoms with van der Waals surface area (Å²) in [4.78, 5) is 11.8. The van der Waals surface area contributed by atoms with Crippen molar-refractivity contribution in [2.24, 2.45) is 0 Å². The number of amides is 1. The zero-order valence-electron chi connectivity index (χ0n) is 11.4. The number of anilines is 1. The molecule has 21 heavy (non-hydrogen) atoms. The maximum atomic E-state index is 12.3. The van der Waals surface area contributed by atoms with E-state index in [2.05, 4.69) is 15.2 Å². The summed E-state index contributed by atoms with van der Waals surface area (Å²) in [7, 11) is 0. The van der Waals surface area contributed by atoms with Crippen LogP contribution in [-0.2, 0) is 11.3 Å². The van der Waals surface area contributed by atoms with E-state index in [0.717, 1.165) is 5.69 Å². The highest BCUT2D eigenvalue weighted by Gasteiger charge is 2.11. The molecule has 2 rings (SSSR count). The van der Waals surface area contributed by atoms with Crippen molar-refractivity contribution in [1.29, 1.82) is 0 Å². The van der Waals surface area contributed by atoms with E-state index in [-0.39, 0.29) is 23.8 Å². The minimum absolute atomic E-state index is 0.0595. The van der Waals surface area contributed by atoms with Gasteiger partial charge in [0.05, 0.1) is 11.4 Å². The van der Waals surface area contributed by atoms with Gasteiger partial charge in [0.25, 0.3) is 0 Å². The number of alkyl halides is 2. The lowest BCUT2D eigenvalue weighted by molar-refractivity contribution is -0.116. The lowest BCUT2D eigenvalue weighted by Crippen LogP contribution is -2.16. The molecule has 0 aliphatic heterocycles. The van der Waals surface area contributed by atoms with Crippen molar-refractivity contribution in [2.45, 2.75) is 26.5 Å². The van der Waals surface area contributed by atoms with E-state index in [4.69, 9.17) is 0 Å². The summed E-state index contributed by atoms with van der Waals surface area (Å²) in [6.45, 7) is -0.665. The zero-order valence-corrected chi connectivity index (χ0v) is 11.4. The maximum absolute atomic E-state index is 12.3. The Balaban J connectivity index is 1.93. The molecule has 0 aliphatic rings. The number of nitrogens with zero attached hydrogens (tertiary/aromatic N) is 2. The Labute approximate surface area is 120 Å². The SMILES string of the molecule is Cc1ccn(CCC(=O)Nc2ccccc2OC(F)F)n1. The molecule has 0 saturated carbocycles. The number of hydrogen-bond acceptors (Lipinski definition) is 3. The van der Waals surface area contributed by atoms with Crippen LogP contribution in [0.1, 0.15) is 12.1 Å². The first-order valence-electron chi connectivity index (χ1n) is 6.38. The molecule has 0 atom stereocenters. The van der Waals surface area contributed by atoms with Crippen molar-refractivity contribution in [3.05, 3.63) is 42.2 Å². The predicted molar refractivity (Wildman–Crippen MR) is 73.3 cm³/mol. The van der Waals surface area contributed by atoms with Crippen LogP contribution in [0.5, 0.6) is 5.75 Å². The molecule has 1 heterocycles. The van der Waals surface area contributed by atoms with Gasteiger partial charge < -0.3 is 10.1 Å². The van der Waals surface area contributed by atoms with Gasteiger partial charge in [0, 0.05) is 19.2 Å². The number of halogens is 2. The quantitative estimate of drug-likeness (QED) is 0.891. The van der Waals surface area contributed by atoms with Gasteiger partial charge in [-0.3, -0.25) is 9.48 Å². The summed E-state index contributed by atoms with van der Waals surface area (Å²) in [6.07, 6.45) is 1.96. The summed E-state index contributed by atoms with van der Waals surface area (Å²) in [5.41, 5.74) is 1.09. The zero-order chi connectivity index (χ0) is 15.2. The number of hydrogen-bond donors (Lipinski definition) is 1. The van der Waals surface area contributed by atoms with E-state index in [1.54, 1.807) is 23.0 Å². The topological polar surface area (TPSA) is 56.2 Å². The molecule has 1 aromatic carbocycles. The van der Waals surface area contributed by atoms with Gasteiger partial charge in [0.1, 0.15) is 5.75 Å². The Morgan fingerprint density at radius 2 is 2.14 bits per heavy atom. The second-order valence-corrected chi connectivity index (χ2v) is 4.39. The van der Waals surface area contributed by atoms with Crippen LogP contribution in [0.25, 0.3) is 0 Å². The minimum Gasteiger partial charge on any atom is -0.433 e. The number of carbonyl (C=O) groups is 1. The molecule has 5 nitrogen and oxygen atoms in total. The molecule has 112 valence electrons. The van der Waals surface area contributed by atoms with Crippen LogP contribution in [-0.4, -0.2) is 22.3 Å². The van der Waals surface area contributed by atoms with Gasteiger partial charge in [-0.1, -0.05) is 12.1 Å². The van der Waals surface area contributed by atoms with Gasteiger partial charge >= 0.3 is 6.61 Å². The third-order valence-electron chi connectivity index (χ3n) is 2.72. The Kier molecular flexibility index (Phi) is 4.86. The lowest BCUT2D eigenvalue weighted by atomic mass is 10.3. The molecule has 1 aromatic heterocycles. The van der Waals surface area contributed by atoms with Gasteiger partial charge in [0.2, 0.25) is 5.91 Å². The molecule has 1 N–H and O–H groups in total. The highest BCUT2D eigenvalue weighted by Crippen LogP contribution is 2.25. The number of rotatable bonds is 6. The molecule has 0 radical (unpaired) electrons. The Bertz CT molecular complexity index is 614. The maximum Gasteiger partial charge on any atom is 0.387 e. The standard InChI is InChI=1S/C14H15F2N3O2/c1-10-6-8-19(18-10)9-7-13(20)17-11-4-2-3-5-12(11)21-14(15)16/h2-6,8,14H,7,9H2,1H3,(H,17,20). The lowest BCUT2D eigenvalue weighted by Gasteiger charge is -2.11. The monoisotopic (exact) mass is 295 g/mol. The van der Waals surface area contributed by atoms with Crippen molar-refractivity contribution >= 4 is 11.6 Å². The molecular weight excluding hydrogens is 280 g/mol. The van der Waals surface area contributed by atoms with E-state index in [9.17, 15) is 13.6 Å². The van der Waals surface area contributed by atoms with E-state index >= 15 is 0 Å². The molecule has 0 saturated heterocycles. The highest BCUT2D eigenvalue weighted by atomic mass is 19.3. The summed E-state index contributed by atoms with van der Waals surface area (Å²) in [6, 6.07) is 7.90. The van der Waals surface area contributed by atoms with Crippen LogP contribution < -0.4 is 10.1 Å². The largest absolute Gasteiger partial charge is 0.433 e. The molecule has 0 fully saturated rings. The van der Waals surface area contributed by atoms with Gasteiger partial charge in [-0.15, -0.1) is 0 Å². The number of aryl methyl sites for hydroxylation is 2. The number of benzene rings is 1. The molecule has 0 unspecified atom stereocenters. The van der Waals surface area contributed by atoms with Crippen molar-refractivity contribution in [3.8, 4) is 5.75 Å². The molecule has 0 bridgehead atoms. The fraction of sp³-hybridized carbons (Fsp3) is 0.286. The molecule has 7 heteroatoms. The Morgan fingerprint density at radius 3 is 2.81 bits per heavy atom. The second kappa shape index (κ2) is 6.83. The number of aromatic nitrogens is 2. The van der Waals surface area contributed by atoms with Crippen LogP contribution in [0.4, 0.5) is 14.5 Å². The highest BCUT2D eigenvalue weighted by molar-refractivity contribution is 5.92. The fourth-order valence-corrected chi connectivity index (χ4v) is 1.79. The van der Waals surface area contributed by atoms with Crippen molar-refractivity contribution in [3.63, 3.8) is 0 Å². The third-order valence-corrected chi connectivity index (χ3v) is 2.72. The van der Waals surface area contributed by atoms with Gasteiger partial charge in [-0.05, 0) is 25.1 Å². The van der Waals surface area contributed by atoms with Crippen LogP contribution in [0.2, 0.25) is 0 Å². The Hall–Kier alpha value is -2.44. The average molecular weight is 295 g/mol. The predicted octanol–water partition coefficient (Wildman–Crippen LogP) is 2.82. The normalized spacial score (nSPS) is 10.7. The van der Waals surface area contributed by atoms with Crippen LogP contribution in [0.15, 0.2) is 36.5 Å². The van der Waals surface area contributed by atoms with Gasteiger partial charge in [-0.2, -0.15) is 13.9 Å². The van der Waals surface area contributed by atoms with Crippen LogP contribution in [0, 0.1) is 6.92 Å². The minimum atomic E-state index is -2.94. The van der Waals surface area contributed by atoms with Crippen molar-refractivity contribution in [2.75, 3.05) is 5.32 Å². The number of para-hydroxylation sites is 2. The van der Waals surface area contributed by atoms with E-state index in [1.165, 1.54) is 12.1 Å². The summed E-state index contributed by atoms with van der Waals surface area (Å²) < 4.78 is 30.5. The fourth-order valence-electron chi connectivity index (χ4n) is 1.79.